The molecule has 0 radical (unpaired) electrons. The van der Waals surface area contributed by atoms with Crippen LogP contribution in [0.1, 0.15) is 33.8 Å². The maximum Gasteiger partial charge on any atom is 0.251 e. The lowest BCUT2D eigenvalue weighted by Gasteiger charge is -2.12. The molecule has 106 valence electrons. The molecule has 0 saturated heterocycles. The number of anilines is 1. The number of amides is 1. The number of hydrogen-bond acceptors (Lipinski definition) is 5. The van der Waals surface area contributed by atoms with Crippen LogP contribution >= 0.6 is 11.3 Å². The Hall–Kier alpha value is -1.92. The molecule has 2 aromatic rings. The smallest absolute Gasteiger partial charge is 0.251 e. The number of rotatable bonds is 5. The van der Waals surface area contributed by atoms with E-state index in [1.165, 1.54) is 0 Å². The molecule has 0 aliphatic carbocycles. The normalized spacial score (nSPS) is 11.9. The Morgan fingerprint density at radius 1 is 1.50 bits per heavy atom. The van der Waals surface area contributed by atoms with Gasteiger partial charge in [-0.05, 0) is 30.7 Å². The summed E-state index contributed by atoms with van der Waals surface area (Å²) in [6.07, 6.45) is 1.78. The standard InChI is InChI=1S/C14H18N4OS/c1-9-7-11(18-15)3-4-12(9)13(19)17-8-10(2)14-16-5-6-20-14/h3-7,10,18H,8,15H2,1-2H3,(H,17,19). The summed E-state index contributed by atoms with van der Waals surface area (Å²) in [6.45, 7) is 4.51. The zero-order chi connectivity index (χ0) is 14.5. The Morgan fingerprint density at radius 3 is 2.90 bits per heavy atom. The number of nitrogens with zero attached hydrogens (tertiary/aromatic N) is 1. The minimum atomic E-state index is -0.0746. The molecule has 4 N–H and O–H groups in total. The predicted octanol–water partition coefficient (Wildman–Crippen LogP) is 2.27. The summed E-state index contributed by atoms with van der Waals surface area (Å²) in [7, 11) is 0. The van der Waals surface area contributed by atoms with Gasteiger partial charge in [0.15, 0.2) is 0 Å². The van der Waals surface area contributed by atoms with Gasteiger partial charge in [-0.2, -0.15) is 0 Å². The summed E-state index contributed by atoms with van der Waals surface area (Å²) in [5.74, 6) is 5.48. The topological polar surface area (TPSA) is 80.0 Å². The number of nitrogens with one attached hydrogen (secondary N) is 2. The molecule has 1 heterocycles. The van der Waals surface area contributed by atoms with E-state index < -0.39 is 0 Å². The average molecular weight is 290 g/mol. The Morgan fingerprint density at radius 2 is 2.30 bits per heavy atom. The van der Waals surface area contributed by atoms with Gasteiger partial charge < -0.3 is 10.7 Å². The van der Waals surface area contributed by atoms with Gasteiger partial charge in [0, 0.05) is 35.3 Å². The maximum absolute atomic E-state index is 12.2. The van der Waals surface area contributed by atoms with Gasteiger partial charge >= 0.3 is 0 Å². The number of aryl methyl sites for hydroxylation is 1. The third-order valence-electron chi connectivity index (χ3n) is 3.08. The van der Waals surface area contributed by atoms with Crippen molar-refractivity contribution in [3.8, 4) is 0 Å². The quantitative estimate of drug-likeness (QED) is 0.583. The molecule has 1 atom stereocenters. The molecule has 0 aliphatic heterocycles. The molecular formula is C14H18N4OS. The predicted molar refractivity (Wildman–Crippen MR) is 81.9 cm³/mol. The Balaban J connectivity index is 1.98. The van der Waals surface area contributed by atoms with Crippen LogP contribution in [0.5, 0.6) is 0 Å². The van der Waals surface area contributed by atoms with Crippen LogP contribution in [0, 0.1) is 6.92 Å². The number of benzene rings is 1. The molecule has 0 fully saturated rings. The van der Waals surface area contributed by atoms with E-state index in [1.54, 1.807) is 29.7 Å². The fraction of sp³-hybridized carbons (Fsp3) is 0.286. The molecule has 0 spiro atoms. The van der Waals surface area contributed by atoms with Crippen molar-refractivity contribution in [3.05, 3.63) is 45.9 Å². The molecule has 1 unspecified atom stereocenters. The number of carbonyl (C=O) groups excluding carboxylic acids is 1. The van der Waals surface area contributed by atoms with Crippen molar-refractivity contribution in [1.82, 2.24) is 10.3 Å². The molecule has 6 heteroatoms. The van der Waals surface area contributed by atoms with Gasteiger partial charge in [0.25, 0.3) is 5.91 Å². The summed E-state index contributed by atoms with van der Waals surface area (Å²) >= 11 is 1.60. The lowest BCUT2D eigenvalue weighted by molar-refractivity contribution is 0.0951. The first-order chi connectivity index (χ1) is 9.61. The number of nitrogens with two attached hydrogens (primary N) is 1. The van der Waals surface area contributed by atoms with Crippen molar-refractivity contribution in [2.45, 2.75) is 19.8 Å². The maximum atomic E-state index is 12.2. The molecule has 0 saturated carbocycles. The Kier molecular flexibility index (Phi) is 4.70. The van der Waals surface area contributed by atoms with Crippen molar-refractivity contribution in [3.63, 3.8) is 0 Å². The van der Waals surface area contributed by atoms with E-state index >= 15 is 0 Å². The van der Waals surface area contributed by atoms with E-state index in [9.17, 15) is 4.79 Å². The number of carbonyl (C=O) groups is 1. The molecule has 1 aromatic carbocycles. The van der Waals surface area contributed by atoms with E-state index in [4.69, 9.17) is 5.84 Å². The summed E-state index contributed by atoms with van der Waals surface area (Å²) in [6, 6.07) is 5.40. The average Bonchev–Trinajstić information content (AvgIpc) is 2.98. The first-order valence-corrected chi connectivity index (χ1v) is 7.24. The molecule has 2 rings (SSSR count). The van der Waals surface area contributed by atoms with Gasteiger partial charge in [-0.25, -0.2) is 4.98 Å². The van der Waals surface area contributed by atoms with Crippen LogP contribution in [0.2, 0.25) is 0 Å². The number of hydrazine groups is 1. The molecule has 0 aliphatic rings. The van der Waals surface area contributed by atoms with Gasteiger partial charge in [-0.1, -0.05) is 6.92 Å². The second kappa shape index (κ2) is 6.49. The van der Waals surface area contributed by atoms with Crippen LogP contribution in [0.3, 0.4) is 0 Å². The first kappa shape index (κ1) is 14.5. The number of aromatic nitrogens is 1. The number of thiazole rings is 1. The van der Waals surface area contributed by atoms with E-state index in [0.29, 0.717) is 12.1 Å². The fourth-order valence-electron chi connectivity index (χ4n) is 1.91. The minimum Gasteiger partial charge on any atom is -0.351 e. The van der Waals surface area contributed by atoms with Crippen LogP contribution in [-0.4, -0.2) is 17.4 Å². The van der Waals surface area contributed by atoms with Gasteiger partial charge in [0.1, 0.15) is 0 Å². The summed E-state index contributed by atoms with van der Waals surface area (Å²) < 4.78 is 0. The van der Waals surface area contributed by atoms with Crippen molar-refractivity contribution in [2.24, 2.45) is 5.84 Å². The van der Waals surface area contributed by atoms with Gasteiger partial charge in [0.2, 0.25) is 0 Å². The van der Waals surface area contributed by atoms with E-state index in [-0.39, 0.29) is 11.8 Å². The molecule has 0 bridgehead atoms. The Bertz CT molecular complexity index is 583. The van der Waals surface area contributed by atoms with Crippen LogP contribution in [0.25, 0.3) is 0 Å². The van der Waals surface area contributed by atoms with Crippen molar-refractivity contribution >= 4 is 22.9 Å². The van der Waals surface area contributed by atoms with Gasteiger partial charge in [-0.15, -0.1) is 11.3 Å². The van der Waals surface area contributed by atoms with Crippen LogP contribution in [0.15, 0.2) is 29.8 Å². The first-order valence-electron chi connectivity index (χ1n) is 6.36. The molecule has 1 amide bonds. The fourth-order valence-corrected chi connectivity index (χ4v) is 2.61. The third kappa shape index (κ3) is 3.34. The third-order valence-corrected chi connectivity index (χ3v) is 4.09. The van der Waals surface area contributed by atoms with Crippen LogP contribution in [-0.2, 0) is 0 Å². The largest absolute Gasteiger partial charge is 0.351 e. The summed E-state index contributed by atoms with van der Waals surface area (Å²) in [5.41, 5.74) is 4.90. The molecule has 1 aromatic heterocycles. The minimum absolute atomic E-state index is 0.0746. The van der Waals surface area contributed by atoms with Crippen molar-refractivity contribution in [2.75, 3.05) is 12.0 Å². The van der Waals surface area contributed by atoms with Crippen LogP contribution in [0.4, 0.5) is 5.69 Å². The van der Waals surface area contributed by atoms with E-state index in [0.717, 1.165) is 16.3 Å². The monoisotopic (exact) mass is 290 g/mol. The molecule has 20 heavy (non-hydrogen) atoms. The summed E-state index contributed by atoms with van der Waals surface area (Å²) in [4.78, 5) is 16.4. The van der Waals surface area contributed by atoms with Gasteiger partial charge in [0.05, 0.1) is 5.01 Å². The zero-order valence-electron chi connectivity index (χ0n) is 11.5. The number of nitrogen functional groups attached to an aromatic ring is 1. The lowest BCUT2D eigenvalue weighted by atomic mass is 10.1. The van der Waals surface area contributed by atoms with E-state index in [1.807, 2.05) is 25.3 Å². The molecule has 5 nitrogen and oxygen atoms in total. The summed E-state index contributed by atoms with van der Waals surface area (Å²) in [5, 5.41) is 5.91. The Labute approximate surface area is 122 Å². The lowest BCUT2D eigenvalue weighted by Crippen LogP contribution is -2.28. The second-order valence-corrected chi connectivity index (χ2v) is 5.58. The van der Waals surface area contributed by atoms with E-state index in [2.05, 4.69) is 15.7 Å². The van der Waals surface area contributed by atoms with Crippen molar-refractivity contribution < 1.29 is 4.79 Å². The second-order valence-electron chi connectivity index (χ2n) is 4.66. The van der Waals surface area contributed by atoms with Crippen LogP contribution < -0.4 is 16.6 Å². The van der Waals surface area contributed by atoms with Crippen molar-refractivity contribution in [1.29, 1.82) is 0 Å². The highest BCUT2D eigenvalue weighted by atomic mass is 32.1. The molecular weight excluding hydrogens is 272 g/mol. The highest BCUT2D eigenvalue weighted by Crippen LogP contribution is 2.17. The highest BCUT2D eigenvalue weighted by Gasteiger charge is 2.13. The SMILES string of the molecule is Cc1cc(NN)ccc1C(=O)NCC(C)c1nccs1. The van der Waals surface area contributed by atoms with Gasteiger partial charge in [-0.3, -0.25) is 10.6 Å². The zero-order valence-corrected chi connectivity index (χ0v) is 12.3. The highest BCUT2D eigenvalue weighted by molar-refractivity contribution is 7.09. The number of hydrogen-bond donors (Lipinski definition) is 3.